The number of carbonyl (C=O) groups excluding carboxylic acids is 1. The van der Waals surface area contributed by atoms with Crippen molar-refractivity contribution in [3.8, 4) is 16.9 Å². The number of primary amides is 1. The molecule has 170 valence electrons. The van der Waals surface area contributed by atoms with E-state index in [1.54, 1.807) is 6.07 Å². The predicted octanol–water partition coefficient (Wildman–Crippen LogP) is 4.73. The molecular formula is C22H15F5N4O2. The van der Waals surface area contributed by atoms with Crippen LogP contribution in [0.3, 0.4) is 0 Å². The molecule has 2 heterocycles. The summed E-state index contributed by atoms with van der Waals surface area (Å²) in [5.41, 5.74) is 6.59. The third-order valence-corrected chi connectivity index (χ3v) is 4.79. The Labute approximate surface area is 183 Å². The number of amides is 1. The van der Waals surface area contributed by atoms with Crippen molar-refractivity contribution >= 4 is 11.6 Å². The molecule has 0 fully saturated rings. The van der Waals surface area contributed by atoms with Crippen LogP contribution in [0.2, 0.25) is 0 Å². The van der Waals surface area contributed by atoms with Crippen molar-refractivity contribution in [3.63, 3.8) is 0 Å². The number of nitrogens with zero attached hydrogens (tertiary/aromatic N) is 3. The summed E-state index contributed by atoms with van der Waals surface area (Å²) in [5, 5.41) is 7.41. The molecule has 2 N–H and O–H groups in total. The van der Waals surface area contributed by atoms with Gasteiger partial charge in [-0.15, -0.1) is 23.4 Å². The molecule has 6 nitrogen and oxygen atoms in total. The fraction of sp³-hybridized carbons (Fsp3) is 0.136. The number of pyridine rings is 1. The molecule has 0 saturated heterocycles. The summed E-state index contributed by atoms with van der Waals surface area (Å²) in [6, 6.07) is 13.7. The minimum Gasteiger partial charge on any atom is -0.406 e. The average Bonchev–Trinajstić information content (AvgIpc) is 3.17. The minimum absolute atomic E-state index is 0.106. The summed E-state index contributed by atoms with van der Waals surface area (Å²) in [4.78, 5) is 11.3. The van der Waals surface area contributed by atoms with Crippen molar-refractivity contribution in [3.05, 3.63) is 83.8 Å². The number of halogens is 5. The fourth-order valence-corrected chi connectivity index (χ4v) is 3.33. The van der Waals surface area contributed by atoms with Gasteiger partial charge in [-0.2, -0.15) is 8.78 Å². The molecular weight excluding hydrogens is 447 g/mol. The van der Waals surface area contributed by atoms with Gasteiger partial charge in [0.1, 0.15) is 5.75 Å². The lowest BCUT2D eigenvalue weighted by atomic mass is 10.0. The molecule has 0 spiro atoms. The molecule has 0 saturated carbocycles. The average molecular weight is 462 g/mol. The van der Waals surface area contributed by atoms with Crippen LogP contribution in [0.4, 0.5) is 22.0 Å². The first-order valence-corrected chi connectivity index (χ1v) is 9.50. The normalized spacial score (nSPS) is 12.2. The van der Waals surface area contributed by atoms with E-state index in [-0.39, 0.29) is 16.8 Å². The van der Waals surface area contributed by atoms with E-state index in [4.69, 9.17) is 5.73 Å². The van der Waals surface area contributed by atoms with Gasteiger partial charge in [0, 0.05) is 18.2 Å². The number of ether oxygens (including phenoxy) is 1. The smallest absolute Gasteiger partial charge is 0.406 e. The first-order chi connectivity index (χ1) is 15.5. The maximum Gasteiger partial charge on any atom is 0.573 e. The van der Waals surface area contributed by atoms with Crippen molar-refractivity contribution in [2.45, 2.75) is 18.7 Å². The Morgan fingerprint density at radius 3 is 2.30 bits per heavy atom. The molecule has 0 bridgehead atoms. The second kappa shape index (κ2) is 8.15. The van der Waals surface area contributed by atoms with E-state index >= 15 is 8.78 Å². The number of rotatable bonds is 6. The Hall–Kier alpha value is -4.02. The maximum absolute atomic E-state index is 15.1. The van der Waals surface area contributed by atoms with Gasteiger partial charge in [-0.25, -0.2) is 0 Å². The molecule has 0 unspecified atom stereocenters. The topological polar surface area (TPSA) is 82.5 Å². The predicted molar refractivity (Wildman–Crippen MR) is 108 cm³/mol. The van der Waals surface area contributed by atoms with Crippen molar-refractivity contribution in [1.29, 1.82) is 0 Å². The Bertz CT molecular complexity index is 1320. The van der Waals surface area contributed by atoms with Gasteiger partial charge in [-0.1, -0.05) is 24.3 Å². The lowest BCUT2D eigenvalue weighted by Gasteiger charge is -2.15. The third-order valence-electron chi connectivity index (χ3n) is 4.79. The summed E-state index contributed by atoms with van der Waals surface area (Å²) in [6.45, 7) is 0. The van der Waals surface area contributed by atoms with E-state index in [1.807, 2.05) is 0 Å². The van der Waals surface area contributed by atoms with Gasteiger partial charge in [-0.05, 0) is 53.1 Å². The van der Waals surface area contributed by atoms with Crippen molar-refractivity contribution in [2.75, 3.05) is 0 Å². The summed E-state index contributed by atoms with van der Waals surface area (Å²) in [5.74, 6) is -5.20. The van der Waals surface area contributed by atoms with Gasteiger partial charge in [0.2, 0.25) is 11.7 Å². The SMILES string of the molecule is NC(=O)c1cccc(CC(F)(F)c2nnc3ccc(-c4ccc(OC(F)(F)F)cc4)cn23)c1. The van der Waals surface area contributed by atoms with Gasteiger partial charge in [-0.3, -0.25) is 9.20 Å². The highest BCUT2D eigenvalue weighted by Crippen LogP contribution is 2.33. The minimum atomic E-state index is -4.82. The van der Waals surface area contributed by atoms with Crippen LogP contribution in [0.5, 0.6) is 5.75 Å². The second-order valence-corrected chi connectivity index (χ2v) is 7.19. The number of fused-ring (bicyclic) bond motifs is 1. The van der Waals surface area contributed by atoms with E-state index in [2.05, 4.69) is 14.9 Å². The number of alkyl halides is 5. The van der Waals surface area contributed by atoms with Crippen LogP contribution < -0.4 is 10.5 Å². The fourth-order valence-electron chi connectivity index (χ4n) is 3.33. The summed E-state index contributed by atoms with van der Waals surface area (Å²) >= 11 is 0. The van der Waals surface area contributed by atoms with Crippen molar-refractivity contribution in [2.24, 2.45) is 5.73 Å². The number of aromatic nitrogens is 3. The molecule has 0 radical (unpaired) electrons. The zero-order chi connectivity index (χ0) is 23.8. The van der Waals surface area contributed by atoms with E-state index < -0.39 is 36.2 Å². The Kier molecular flexibility index (Phi) is 5.48. The quantitative estimate of drug-likeness (QED) is 0.420. The van der Waals surface area contributed by atoms with E-state index in [1.165, 1.54) is 48.7 Å². The Balaban J connectivity index is 1.65. The molecule has 33 heavy (non-hydrogen) atoms. The summed E-state index contributed by atoms with van der Waals surface area (Å²) in [6.07, 6.45) is -4.19. The van der Waals surface area contributed by atoms with Crippen LogP contribution in [-0.2, 0) is 12.3 Å². The lowest BCUT2D eigenvalue weighted by molar-refractivity contribution is -0.274. The molecule has 0 aliphatic rings. The Morgan fingerprint density at radius 1 is 0.939 bits per heavy atom. The van der Waals surface area contributed by atoms with E-state index in [0.717, 1.165) is 16.5 Å². The largest absolute Gasteiger partial charge is 0.573 e. The molecule has 2 aromatic carbocycles. The van der Waals surface area contributed by atoms with E-state index in [0.29, 0.717) is 11.1 Å². The zero-order valence-corrected chi connectivity index (χ0v) is 16.7. The van der Waals surface area contributed by atoms with Crippen LogP contribution in [0.25, 0.3) is 16.8 Å². The summed E-state index contributed by atoms with van der Waals surface area (Å²) < 4.78 is 72.2. The highest BCUT2D eigenvalue weighted by Gasteiger charge is 2.37. The van der Waals surface area contributed by atoms with Gasteiger partial charge >= 0.3 is 12.3 Å². The second-order valence-electron chi connectivity index (χ2n) is 7.19. The first-order valence-electron chi connectivity index (χ1n) is 9.50. The third kappa shape index (κ3) is 4.92. The van der Waals surface area contributed by atoms with Crippen molar-refractivity contribution < 1.29 is 31.5 Å². The standard InChI is InChI=1S/C22H15F5N4O2/c23-21(24,11-13-2-1-3-15(10-13)19(28)32)20-30-29-18-9-6-16(12-31(18)20)14-4-7-17(8-5-14)33-22(25,26)27/h1-10,12H,11H2,(H2,28,32). The Morgan fingerprint density at radius 2 is 1.64 bits per heavy atom. The van der Waals surface area contributed by atoms with Gasteiger partial charge in [0.25, 0.3) is 0 Å². The molecule has 4 rings (SSSR count). The monoisotopic (exact) mass is 462 g/mol. The lowest BCUT2D eigenvalue weighted by Crippen LogP contribution is -2.21. The van der Waals surface area contributed by atoms with Crippen LogP contribution in [0.15, 0.2) is 66.9 Å². The van der Waals surface area contributed by atoms with Gasteiger partial charge in [0.05, 0.1) is 0 Å². The maximum atomic E-state index is 15.1. The molecule has 0 atom stereocenters. The highest BCUT2D eigenvalue weighted by molar-refractivity contribution is 5.92. The first kappa shape index (κ1) is 22.2. The van der Waals surface area contributed by atoms with Gasteiger partial charge in [0.15, 0.2) is 5.65 Å². The number of carbonyl (C=O) groups is 1. The molecule has 2 aromatic heterocycles. The van der Waals surface area contributed by atoms with Crippen LogP contribution >= 0.6 is 0 Å². The van der Waals surface area contributed by atoms with Crippen molar-refractivity contribution in [1.82, 2.24) is 14.6 Å². The molecule has 0 aliphatic heterocycles. The number of nitrogens with two attached hydrogens (primary N) is 1. The molecule has 0 aliphatic carbocycles. The molecule has 1 amide bonds. The zero-order valence-electron chi connectivity index (χ0n) is 16.7. The van der Waals surface area contributed by atoms with E-state index in [9.17, 15) is 18.0 Å². The van der Waals surface area contributed by atoms with Crippen LogP contribution in [0, 0.1) is 0 Å². The van der Waals surface area contributed by atoms with Gasteiger partial charge < -0.3 is 10.5 Å². The summed E-state index contributed by atoms with van der Waals surface area (Å²) in [7, 11) is 0. The highest BCUT2D eigenvalue weighted by atomic mass is 19.4. The van der Waals surface area contributed by atoms with Crippen LogP contribution in [0.1, 0.15) is 21.7 Å². The number of hydrogen-bond acceptors (Lipinski definition) is 4. The number of benzene rings is 2. The van der Waals surface area contributed by atoms with Crippen LogP contribution in [-0.4, -0.2) is 26.9 Å². The number of hydrogen-bond donors (Lipinski definition) is 1. The molecule has 4 aromatic rings. The molecule has 11 heteroatoms.